The Morgan fingerprint density at radius 2 is 0.852 bits per heavy atom. The number of benzene rings is 4. The maximum atomic E-state index is 13.1. The van der Waals surface area contributed by atoms with Gasteiger partial charge in [-0.1, -0.05) is 0 Å². The molecule has 61 heavy (non-hydrogen) atoms. The van der Waals surface area contributed by atoms with E-state index in [9.17, 15) is 19.2 Å². The highest BCUT2D eigenvalue weighted by atomic mass is 16.6. The topological polar surface area (TPSA) is 209 Å². The largest absolute Gasteiger partial charge is 0.493 e. The minimum Gasteiger partial charge on any atom is -0.493 e. The number of carbonyl (C=O) groups excluding carboxylic acids is 4. The van der Waals surface area contributed by atoms with Crippen molar-refractivity contribution in [2.75, 3.05) is 55.9 Å². The van der Waals surface area contributed by atoms with Crippen LogP contribution in [0.1, 0.15) is 65.0 Å². The normalized spacial score (nSPS) is 10.8. The van der Waals surface area contributed by atoms with E-state index in [1.807, 2.05) is 0 Å². The smallest absolute Gasteiger partial charge is 0.343 e. The lowest BCUT2D eigenvalue weighted by molar-refractivity contribution is -0.122. The molecule has 0 aliphatic heterocycles. The fraction of sp³-hybridized carbons (Fsp3) is 0.302. The zero-order valence-corrected chi connectivity index (χ0v) is 35.1. The van der Waals surface area contributed by atoms with Gasteiger partial charge in [0, 0.05) is 12.8 Å². The van der Waals surface area contributed by atoms with E-state index in [1.165, 1.54) is 91.5 Å². The highest BCUT2D eigenvalue weighted by Gasteiger charge is 2.22. The Labute approximate surface area is 352 Å². The molecule has 0 atom stereocenters. The van der Waals surface area contributed by atoms with Crippen molar-refractivity contribution in [3.8, 4) is 57.5 Å². The molecule has 0 bridgehead atoms. The first kappa shape index (κ1) is 46.2. The molecule has 4 rings (SSSR count). The van der Waals surface area contributed by atoms with Gasteiger partial charge < -0.3 is 47.4 Å². The highest BCUT2D eigenvalue weighted by molar-refractivity contribution is 5.94. The Morgan fingerprint density at radius 1 is 0.492 bits per heavy atom. The van der Waals surface area contributed by atoms with Gasteiger partial charge in [-0.15, -0.1) is 0 Å². The number of rotatable bonds is 22. The first-order chi connectivity index (χ1) is 29.5. The monoisotopic (exact) mass is 844 g/mol. The predicted molar refractivity (Wildman–Crippen MR) is 223 cm³/mol. The molecule has 18 nitrogen and oxygen atoms in total. The van der Waals surface area contributed by atoms with Crippen LogP contribution in [0.15, 0.2) is 70.9 Å². The molecular weight excluding hydrogens is 796 g/mol. The average molecular weight is 845 g/mol. The molecule has 0 aromatic heterocycles. The van der Waals surface area contributed by atoms with E-state index in [0.29, 0.717) is 22.6 Å². The molecule has 2 N–H and O–H groups in total. The molecule has 0 aliphatic carbocycles. The standard InChI is InChI=1S/C43H48N4O14/c1-9-58-32-18-26(14-16-30(32)60-42(50)28-20-34(52-3)40(56-7)35(21-28)53-4)24-44-46-38(48)12-11-13-39(49)47-45-25-27-15-17-31(33(19-27)59-10-2)61-43(51)29-22-36(54-5)41(57-8)37(23-29)55-6/h14-25H,9-13H2,1-8H3,(H,46,48)(H,47,49)/b44-24-,45-25+. The van der Waals surface area contributed by atoms with Crippen LogP contribution in [-0.2, 0) is 9.59 Å². The minimum absolute atomic E-state index is 0.0163. The van der Waals surface area contributed by atoms with Crippen molar-refractivity contribution in [3.05, 3.63) is 82.9 Å². The molecule has 2 amide bonds. The lowest BCUT2D eigenvalue weighted by Gasteiger charge is -2.15. The summed E-state index contributed by atoms with van der Waals surface area (Å²) >= 11 is 0. The van der Waals surface area contributed by atoms with E-state index in [2.05, 4.69) is 21.1 Å². The molecule has 0 aliphatic rings. The quantitative estimate of drug-likeness (QED) is 0.0418. The molecule has 0 radical (unpaired) electrons. The van der Waals surface area contributed by atoms with Crippen molar-refractivity contribution in [1.82, 2.24) is 10.9 Å². The van der Waals surface area contributed by atoms with Crippen LogP contribution < -0.4 is 58.2 Å². The van der Waals surface area contributed by atoms with Crippen molar-refractivity contribution in [2.24, 2.45) is 10.2 Å². The molecule has 0 heterocycles. The van der Waals surface area contributed by atoms with Crippen LogP contribution in [-0.4, -0.2) is 92.1 Å². The molecule has 18 heteroatoms. The van der Waals surface area contributed by atoms with E-state index in [1.54, 1.807) is 38.1 Å². The summed E-state index contributed by atoms with van der Waals surface area (Å²) in [6.07, 6.45) is 3.06. The number of nitrogens with zero attached hydrogens (tertiary/aromatic N) is 2. The SMILES string of the molecule is CCOc1cc(/C=N\NC(=O)CCCC(=O)N/N=C/c2ccc(OC(=O)c3cc(OC)c(OC)c(OC)c3)c(OCC)c2)ccc1OC(=O)c1cc(OC)c(OC)c(OC)c1. The highest BCUT2D eigenvalue weighted by Crippen LogP contribution is 2.40. The molecule has 324 valence electrons. The van der Waals surface area contributed by atoms with Gasteiger partial charge in [0.1, 0.15) is 0 Å². The van der Waals surface area contributed by atoms with Crippen LogP contribution in [0.5, 0.6) is 57.5 Å². The maximum Gasteiger partial charge on any atom is 0.343 e. The lowest BCUT2D eigenvalue weighted by atomic mass is 10.1. The fourth-order valence-electron chi connectivity index (χ4n) is 5.51. The van der Waals surface area contributed by atoms with Gasteiger partial charge in [-0.3, -0.25) is 9.59 Å². The van der Waals surface area contributed by atoms with Gasteiger partial charge in [0.25, 0.3) is 0 Å². The Hall–Kier alpha value is -7.50. The molecule has 0 saturated carbocycles. The van der Waals surface area contributed by atoms with Crippen LogP contribution in [0.3, 0.4) is 0 Å². The third-order valence-corrected chi connectivity index (χ3v) is 8.35. The summed E-state index contributed by atoms with van der Waals surface area (Å²) in [5, 5.41) is 7.98. The van der Waals surface area contributed by atoms with E-state index < -0.39 is 23.8 Å². The van der Waals surface area contributed by atoms with Crippen LogP contribution in [0.4, 0.5) is 0 Å². The summed E-state index contributed by atoms with van der Waals surface area (Å²) in [5.74, 6) is 0.472. The van der Waals surface area contributed by atoms with E-state index in [0.717, 1.165) is 0 Å². The van der Waals surface area contributed by atoms with Gasteiger partial charge in [0.05, 0.1) is 79.4 Å². The van der Waals surface area contributed by atoms with Crippen molar-refractivity contribution < 1.29 is 66.5 Å². The second kappa shape index (κ2) is 23.2. The summed E-state index contributed by atoms with van der Waals surface area (Å²) in [4.78, 5) is 51.0. The Kier molecular flexibility index (Phi) is 17.6. The van der Waals surface area contributed by atoms with Crippen LogP contribution in [0.2, 0.25) is 0 Å². The Morgan fingerprint density at radius 3 is 1.16 bits per heavy atom. The van der Waals surface area contributed by atoms with Crippen LogP contribution >= 0.6 is 0 Å². The molecule has 4 aromatic carbocycles. The number of ether oxygens (including phenoxy) is 10. The minimum atomic E-state index is -0.687. The zero-order valence-electron chi connectivity index (χ0n) is 35.1. The maximum absolute atomic E-state index is 13.1. The number of hydrogen-bond donors (Lipinski definition) is 2. The van der Waals surface area contributed by atoms with Gasteiger partial charge in [-0.2, -0.15) is 10.2 Å². The van der Waals surface area contributed by atoms with E-state index in [-0.39, 0.29) is 89.6 Å². The molecule has 4 aromatic rings. The number of hydrazone groups is 2. The molecule has 0 fully saturated rings. The molecular formula is C43H48N4O14. The Bertz CT molecular complexity index is 2040. The first-order valence-electron chi connectivity index (χ1n) is 18.7. The predicted octanol–water partition coefficient (Wildman–Crippen LogP) is 5.74. The van der Waals surface area contributed by atoms with Crippen LogP contribution in [0, 0.1) is 0 Å². The van der Waals surface area contributed by atoms with Crippen molar-refractivity contribution in [2.45, 2.75) is 33.1 Å². The summed E-state index contributed by atoms with van der Waals surface area (Å²) in [5.41, 5.74) is 6.27. The third-order valence-electron chi connectivity index (χ3n) is 8.35. The number of hydrogen-bond acceptors (Lipinski definition) is 16. The second-order valence-electron chi connectivity index (χ2n) is 12.3. The van der Waals surface area contributed by atoms with E-state index in [4.69, 9.17) is 47.4 Å². The summed E-state index contributed by atoms with van der Waals surface area (Å²) in [6, 6.07) is 15.4. The molecule has 0 saturated heterocycles. The van der Waals surface area contributed by atoms with Crippen molar-refractivity contribution in [1.29, 1.82) is 0 Å². The Balaban J connectivity index is 1.26. The number of amides is 2. The van der Waals surface area contributed by atoms with Gasteiger partial charge >= 0.3 is 11.9 Å². The average Bonchev–Trinajstić information content (AvgIpc) is 3.26. The van der Waals surface area contributed by atoms with E-state index >= 15 is 0 Å². The number of carbonyl (C=O) groups is 4. The van der Waals surface area contributed by atoms with Gasteiger partial charge in [0.15, 0.2) is 46.0 Å². The number of methoxy groups -OCH3 is 6. The second-order valence-corrected chi connectivity index (χ2v) is 12.3. The summed E-state index contributed by atoms with van der Waals surface area (Å²) in [6.45, 7) is 4.12. The lowest BCUT2D eigenvalue weighted by Crippen LogP contribution is -2.20. The van der Waals surface area contributed by atoms with Crippen molar-refractivity contribution in [3.63, 3.8) is 0 Å². The fourth-order valence-corrected chi connectivity index (χ4v) is 5.51. The molecule has 0 spiro atoms. The van der Waals surface area contributed by atoms with Gasteiger partial charge in [-0.05, 0) is 92.1 Å². The number of esters is 2. The van der Waals surface area contributed by atoms with Crippen LogP contribution in [0.25, 0.3) is 0 Å². The zero-order chi connectivity index (χ0) is 44.3. The first-order valence-corrected chi connectivity index (χ1v) is 18.7. The van der Waals surface area contributed by atoms with Crippen molar-refractivity contribution >= 4 is 36.2 Å². The van der Waals surface area contributed by atoms with Gasteiger partial charge in [-0.25, -0.2) is 20.4 Å². The third kappa shape index (κ3) is 12.7. The molecule has 0 unspecified atom stereocenters. The van der Waals surface area contributed by atoms with Gasteiger partial charge in [0.2, 0.25) is 23.3 Å². The summed E-state index contributed by atoms with van der Waals surface area (Å²) < 4.78 is 54.6. The number of nitrogens with one attached hydrogen (secondary N) is 2. The summed E-state index contributed by atoms with van der Waals surface area (Å²) in [7, 11) is 8.67.